The number of nitrogens with zero attached hydrogens (tertiary/aromatic N) is 2. The van der Waals surface area contributed by atoms with Crippen LogP contribution in [0, 0.1) is 10.1 Å². The molecule has 1 aliphatic heterocycles. The number of nitro benzene ring substituents is 1. The summed E-state index contributed by atoms with van der Waals surface area (Å²) in [5.74, 6) is -0.654. The molecule has 2 rings (SSSR count). The monoisotopic (exact) mass is 328 g/mol. The van der Waals surface area contributed by atoms with Crippen molar-refractivity contribution in [2.24, 2.45) is 5.73 Å². The lowest BCUT2D eigenvalue weighted by Gasteiger charge is -2.24. The number of nitrogens with one attached hydrogen (secondary N) is 1. The third-order valence-electron chi connectivity index (χ3n) is 3.88. The van der Waals surface area contributed by atoms with Crippen molar-refractivity contribution < 1.29 is 9.72 Å². The number of hydrogen-bond acceptors (Lipinski definition) is 5. The van der Waals surface area contributed by atoms with E-state index in [-0.39, 0.29) is 23.7 Å². The second-order valence-electron chi connectivity index (χ2n) is 5.29. The van der Waals surface area contributed by atoms with Crippen molar-refractivity contribution in [2.75, 3.05) is 20.1 Å². The molecule has 1 unspecified atom stereocenters. The van der Waals surface area contributed by atoms with E-state index >= 15 is 0 Å². The van der Waals surface area contributed by atoms with Crippen LogP contribution in [0.15, 0.2) is 18.2 Å². The zero-order valence-electron chi connectivity index (χ0n) is 12.4. The van der Waals surface area contributed by atoms with E-state index in [4.69, 9.17) is 5.73 Å². The molecule has 122 valence electrons. The van der Waals surface area contributed by atoms with E-state index < -0.39 is 10.8 Å². The molecular formula is C14H21ClN4O3. The first kappa shape index (κ1) is 18.3. The Hall–Kier alpha value is -1.70. The fourth-order valence-electron chi connectivity index (χ4n) is 2.81. The van der Waals surface area contributed by atoms with Crippen LogP contribution in [0.25, 0.3) is 0 Å². The molecule has 1 amide bonds. The molecule has 0 bridgehead atoms. The molecule has 22 heavy (non-hydrogen) atoms. The van der Waals surface area contributed by atoms with Crippen molar-refractivity contribution in [3.63, 3.8) is 0 Å². The molecule has 0 saturated carbocycles. The van der Waals surface area contributed by atoms with E-state index in [1.54, 1.807) is 12.1 Å². The Bertz CT molecular complexity index is 553. The van der Waals surface area contributed by atoms with Crippen molar-refractivity contribution in [3.05, 3.63) is 39.4 Å². The average Bonchev–Trinajstić information content (AvgIpc) is 2.86. The van der Waals surface area contributed by atoms with Gasteiger partial charge < -0.3 is 11.1 Å². The number of nitro groups is 1. The summed E-state index contributed by atoms with van der Waals surface area (Å²) in [4.78, 5) is 24.1. The van der Waals surface area contributed by atoms with E-state index in [0.717, 1.165) is 25.9 Å². The predicted octanol–water partition coefficient (Wildman–Crippen LogP) is 1.30. The smallest absolute Gasteiger partial charge is 0.274 e. The molecule has 8 heteroatoms. The average molecular weight is 329 g/mol. The van der Waals surface area contributed by atoms with Crippen LogP contribution < -0.4 is 11.1 Å². The zero-order valence-corrected chi connectivity index (χ0v) is 13.3. The van der Waals surface area contributed by atoms with E-state index in [1.165, 1.54) is 6.07 Å². The number of halogens is 1. The van der Waals surface area contributed by atoms with Crippen LogP contribution in [0.1, 0.15) is 28.8 Å². The van der Waals surface area contributed by atoms with Gasteiger partial charge in [0, 0.05) is 36.3 Å². The lowest BCUT2D eigenvalue weighted by atomic mass is 10.1. The van der Waals surface area contributed by atoms with Gasteiger partial charge in [0.2, 0.25) is 5.91 Å². The molecule has 0 aliphatic carbocycles. The van der Waals surface area contributed by atoms with E-state index in [9.17, 15) is 14.9 Å². The number of likely N-dealkylation sites (tertiary alicyclic amines) is 1. The van der Waals surface area contributed by atoms with Crippen LogP contribution in [0.5, 0.6) is 0 Å². The van der Waals surface area contributed by atoms with Gasteiger partial charge >= 0.3 is 0 Å². The van der Waals surface area contributed by atoms with Gasteiger partial charge in [0.1, 0.15) is 0 Å². The summed E-state index contributed by atoms with van der Waals surface area (Å²) in [5, 5.41) is 14.4. The molecule has 0 aromatic heterocycles. The second-order valence-corrected chi connectivity index (χ2v) is 5.29. The van der Waals surface area contributed by atoms with Gasteiger partial charge in [0.05, 0.1) is 4.92 Å². The summed E-state index contributed by atoms with van der Waals surface area (Å²) >= 11 is 0. The first-order valence-electron chi connectivity index (χ1n) is 6.98. The van der Waals surface area contributed by atoms with Crippen molar-refractivity contribution in [1.82, 2.24) is 10.2 Å². The molecule has 1 heterocycles. The molecule has 1 aromatic carbocycles. The SMILES string of the molecule is CNCC1CCCN1Cc1ccc(C(N)=O)cc1[N+](=O)[O-].Cl. The fourth-order valence-corrected chi connectivity index (χ4v) is 2.81. The highest BCUT2D eigenvalue weighted by atomic mass is 35.5. The van der Waals surface area contributed by atoms with Gasteiger partial charge in [-0.3, -0.25) is 19.8 Å². The quantitative estimate of drug-likeness (QED) is 0.605. The number of nitrogens with two attached hydrogens (primary N) is 1. The Morgan fingerprint density at radius 3 is 2.86 bits per heavy atom. The minimum atomic E-state index is -0.654. The highest BCUT2D eigenvalue weighted by molar-refractivity contribution is 5.93. The number of hydrogen-bond donors (Lipinski definition) is 2. The van der Waals surface area contributed by atoms with Gasteiger partial charge in [-0.2, -0.15) is 0 Å². The normalized spacial score (nSPS) is 18.0. The lowest BCUT2D eigenvalue weighted by Crippen LogP contribution is -2.36. The minimum absolute atomic E-state index is 0. The Kier molecular flexibility index (Phi) is 6.73. The van der Waals surface area contributed by atoms with Crippen molar-refractivity contribution in [3.8, 4) is 0 Å². The van der Waals surface area contributed by atoms with Crippen LogP contribution in [-0.2, 0) is 6.54 Å². The number of carbonyl (C=O) groups is 1. The highest BCUT2D eigenvalue weighted by Crippen LogP contribution is 2.26. The van der Waals surface area contributed by atoms with Crippen LogP contribution in [0.2, 0.25) is 0 Å². The third kappa shape index (κ3) is 4.16. The van der Waals surface area contributed by atoms with Crippen LogP contribution in [0.4, 0.5) is 5.69 Å². The Balaban J connectivity index is 0.00000242. The molecule has 1 saturated heterocycles. The zero-order chi connectivity index (χ0) is 15.4. The summed E-state index contributed by atoms with van der Waals surface area (Å²) in [5.41, 5.74) is 5.92. The number of benzene rings is 1. The van der Waals surface area contributed by atoms with E-state index in [2.05, 4.69) is 10.2 Å². The Labute approximate surface area is 135 Å². The predicted molar refractivity (Wildman–Crippen MR) is 86.2 cm³/mol. The molecule has 1 aliphatic rings. The van der Waals surface area contributed by atoms with Crippen LogP contribution in [-0.4, -0.2) is 41.9 Å². The van der Waals surface area contributed by atoms with Gasteiger partial charge in [-0.15, -0.1) is 12.4 Å². The van der Waals surface area contributed by atoms with Crippen molar-refractivity contribution in [2.45, 2.75) is 25.4 Å². The molecule has 7 nitrogen and oxygen atoms in total. The molecule has 0 spiro atoms. The van der Waals surface area contributed by atoms with Gasteiger partial charge in [-0.1, -0.05) is 6.07 Å². The molecule has 1 fully saturated rings. The summed E-state index contributed by atoms with van der Waals surface area (Å²) in [6.45, 7) is 2.32. The highest BCUT2D eigenvalue weighted by Gasteiger charge is 2.26. The number of primary amides is 1. The van der Waals surface area contributed by atoms with Crippen molar-refractivity contribution >= 4 is 24.0 Å². The standard InChI is InChI=1S/C14H20N4O3.ClH/c1-16-8-12-3-2-6-17(12)9-11-5-4-10(14(15)19)7-13(11)18(20)21;/h4-5,7,12,16H,2-3,6,8-9H2,1H3,(H2,15,19);1H. The summed E-state index contributed by atoms with van der Waals surface area (Å²) in [7, 11) is 1.90. The number of amides is 1. The summed E-state index contributed by atoms with van der Waals surface area (Å²) in [6.07, 6.45) is 2.19. The first-order valence-corrected chi connectivity index (χ1v) is 6.98. The van der Waals surface area contributed by atoms with E-state index in [1.807, 2.05) is 7.05 Å². The maximum absolute atomic E-state index is 11.2. The van der Waals surface area contributed by atoms with Crippen LogP contribution >= 0.6 is 12.4 Å². The molecular weight excluding hydrogens is 308 g/mol. The van der Waals surface area contributed by atoms with Gasteiger partial charge in [-0.05, 0) is 32.5 Å². The summed E-state index contributed by atoms with van der Waals surface area (Å²) in [6, 6.07) is 4.84. The van der Waals surface area contributed by atoms with Gasteiger partial charge in [-0.25, -0.2) is 0 Å². The molecule has 1 atom stereocenters. The third-order valence-corrected chi connectivity index (χ3v) is 3.88. The molecule has 1 aromatic rings. The first-order chi connectivity index (χ1) is 10.0. The Morgan fingerprint density at radius 1 is 1.55 bits per heavy atom. The fraction of sp³-hybridized carbons (Fsp3) is 0.500. The number of carbonyl (C=O) groups excluding carboxylic acids is 1. The maximum atomic E-state index is 11.2. The van der Waals surface area contributed by atoms with Gasteiger partial charge in [0.25, 0.3) is 5.69 Å². The largest absolute Gasteiger partial charge is 0.366 e. The topological polar surface area (TPSA) is 102 Å². The summed E-state index contributed by atoms with van der Waals surface area (Å²) < 4.78 is 0. The van der Waals surface area contributed by atoms with E-state index in [0.29, 0.717) is 18.2 Å². The second kappa shape index (κ2) is 8.07. The maximum Gasteiger partial charge on any atom is 0.274 e. The van der Waals surface area contributed by atoms with Crippen LogP contribution in [0.3, 0.4) is 0 Å². The lowest BCUT2D eigenvalue weighted by molar-refractivity contribution is -0.385. The molecule has 3 N–H and O–H groups in total. The number of rotatable bonds is 6. The molecule has 0 radical (unpaired) electrons. The van der Waals surface area contributed by atoms with Gasteiger partial charge in [0.15, 0.2) is 0 Å². The number of likely N-dealkylation sites (N-methyl/N-ethyl adjacent to an activating group) is 1. The Morgan fingerprint density at radius 2 is 2.27 bits per heavy atom. The minimum Gasteiger partial charge on any atom is -0.366 e. The van der Waals surface area contributed by atoms with Crippen molar-refractivity contribution in [1.29, 1.82) is 0 Å².